The molecule has 2 aromatic carbocycles. The molecule has 0 fully saturated rings. The van der Waals surface area contributed by atoms with E-state index in [1.54, 1.807) is 43.4 Å². The highest BCUT2D eigenvalue weighted by Gasteiger charge is 2.16. The van der Waals surface area contributed by atoms with Crippen molar-refractivity contribution in [2.24, 2.45) is 5.73 Å². The van der Waals surface area contributed by atoms with Gasteiger partial charge in [-0.3, -0.25) is 9.59 Å². The van der Waals surface area contributed by atoms with Crippen molar-refractivity contribution in [1.29, 1.82) is 0 Å². The smallest absolute Gasteiger partial charge is 0.257 e. The van der Waals surface area contributed by atoms with E-state index in [9.17, 15) is 14.7 Å². The van der Waals surface area contributed by atoms with Gasteiger partial charge in [-0.2, -0.15) is 0 Å². The predicted octanol–water partition coefficient (Wildman–Crippen LogP) is 2.53. The lowest BCUT2D eigenvalue weighted by Gasteiger charge is -2.18. The maximum absolute atomic E-state index is 12.4. The van der Waals surface area contributed by atoms with E-state index in [1.807, 2.05) is 0 Å². The first-order valence-electron chi connectivity index (χ1n) is 6.51. The molecule has 0 saturated carbocycles. The minimum atomic E-state index is -0.491. The summed E-state index contributed by atoms with van der Waals surface area (Å²) >= 11 is 3.28. The van der Waals surface area contributed by atoms with E-state index in [0.29, 0.717) is 16.6 Å². The minimum Gasteiger partial charge on any atom is -0.507 e. The molecule has 0 unspecified atom stereocenters. The molecule has 114 valence electrons. The van der Waals surface area contributed by atoms with Crippen LogP contribution in [0.5, 0.6) is 5.75 Å². The van der Waals surface area contributed by atoms with Gasteiger partial charge in [-0.05, 0) is 35.9 Å². The van der Waals surface area contributed by atoms with Gasteiger partial charge in [-0.15, -0.1) is 0 Å². The number of nitrogens with two attached hydrogens (primary N) is 1. The second kappa shape index (κ2) is 6.62. The highest BCUT2D eigenvalue weighted by atomic mass is 79.9. The zero-order valence-corrected chi connectivity index (χ0v) is 13.5. The van der Waals surface area contributed by atoms with E-state index in [1.165, 1.54) is 11.0 Å². The maximum Gasteiger partial charge on any atom is 0.257 e. The Balaban J connectivity index is 2.14. The van der Waals surface area contributed by atoms with E-state index < -0.39 is 5.91 Å². The summed E-state index contributed by atoms with van der Waals surface area (Å²) in [7, 11) is 1.64. The number of nitrogens with zero attached hydrogens (tertiary/aromatic N) is 1. The number of primary amides is 1. The molecule has 5 nitrogen and oxygen atoms in total. The third-order valence-corrected chi connectivity index (χ3v) is 3.69. The topological polar surface area (TPSA) is 83.6 Å². The number of phenols is 1. The van der Waals surface area contributed by atoms with Crippen LogP contribution in [0.25, 0.3) is 0 Å². The van der Waals surface area contributed by atoms with Crippen molar-refractivity contribution >= 4 is 27.7 Å². The number of carbonyl (C=O) groups excluding carboxylic acids is 2. The van der Waals surface area contributed by atoms with Gasteiger partial charge in [0, 0.05) is 23.6 Å². The molecule has 3 N–H and O–H groups in total. The van der Waals surface area contributed by atoms with Crippen LogP contribution < -0.4 is 5.73 Å². The molecule has 0 aliphatic heterocycles. The minimum absolute atomic E-state index is 0.0656. The van der Waals surface area contributed by atoms with Crippen molar-refractivity contribution in [1.82, 2.24) is 4.90 Å². The van der Waals surface area contributed by atoms with Crippen molar-refractivity contribution in [3.8, 4) is 5.75 Å². The van der Waals surface area contributed by atoms with Gasteiger partial charge in [0.25, 0.3) is 5.91 Å². The maximum atomic E-state index is 12.4. The molecule has 0 bridgehead atoms. The zero-order chi connectivity index (χ0) is 16.3. The Morgan fingerprint density at radius 3 is 2.41 bits per heavy atom. The molecular formula is C16H15BrN2O3. The number of rotatable bonds is 4. The molecule has 2 amide bonds. The first-order chi connectivity index (χ1) is 10.4. The van der Waals surface area contributed by atoms with Crippen LogP contribution in [0.4, 0.5) is 0 Å². The largest absolute Gasteiger partial charge is 0.507 e. The third-order valence-electron chi connectivity index (χ3n) is 3.19. The summed E-state index contributed by atoms with van der Waals surface area (Å²) in [6.45, 7) is 0.351. The molecule has 0 atom stereocenters. The number of halogens is 1. The summed E-state index contributed by atoms with van der Waals surface area (Å²) in [5, 5.41) is 9.80. The van der Waals surface area contributed by atoms with Crippen LogP contribution >= 0.6 is 15.9 Å². The number of phenolic OH excluding ortho intramolecular Hbond substituents is 1. The van der Waals surface area contributed by atoms with Crippen LogP contribution in [0.15, 0.2) is 46.9 Å². The lowest BCUT2D eigenvalue weighted by atomic mass is 10.1. The van der Waals surface area contributed by atoms with Gasteiger partial charge in [-0.1, -0.05) is 28.1 Å². The fraction of sp³-hybridized carbons (Fsp3) is 0.125. The zero-order valence-electron chi connectivity index (χ0n) is 11.9. The first-order valence-corrected chi connectivity index (χ1v) is 7.30. The summed E-state index contributed by atoms with van der Waals surface area (Å²) in [5.74, 6) is -0.850. The van der Waals surface area contributed by atoms with Crippen molar-refractivity contribution in [2.45, 2.75) is 6.54 Å². The normalized spacial score (nSPS) is 10.3. The van der Waals surface area contributed by atoms with Crippen molar-refractivity contribution < 1.29 is 14.7 Å². The Labute approximate surface area is 136 Å². The van der Waals surface area contributed by atoms with Gasteiger partial charge in [0.05, 0.1) is 5.56 Å². The molecule has 0 saturated heterocycles. The van der Waals surface area contributed by atoms with Crippen LogP contribution in [0.2, 0.25) is 0 Å². The number of amides is 2. The van der Waals surface area contributed by atoms with Crippen LogP contribution in [-0.4, -0.2) is 28.9 Å². The molecule has 2 aromatic rings. The summed E-state index contributed by atoms with van der Waals surface area (Å²) in [4.78, 5) is 24.9. The second-order valence-corrected chi connectivity index (χ2v) is 5.80. The molecule has 22 heavy (non-hydrogen) atoms. The predicted molar refractivity (Wildman–Crippen MR) is 86.6 cm³/mol. The van der Waals surface area contributed by atoms with E-state index in [4.69, 9.17) is 5.73 Å². The quantitative estimate of drug-likeness (QED) is 0.876. The lowest BCUT2D eigenvalue weighted by Crippen LogP contribution is -2.26. The average molecular weight is 363 g/mol. The number of hydrogen-bond acceptors (Lipinski definition) is 3. The van der Waals surface area contributed by atoms with Crippen LogP contribution in [0, 0.1) is 0 Å². The lowest BCUT2D eigenvalue weighted by molar-refractivity contribution is 0.0781. The van der Waals surface area contributed by atoms with E-state index >= 15 is 0 Å². The highest BCUT2D eigenvalue weighted by molar-refractivity contribution is 9.10. The molecule has 0 aliphatic rings. The van der Waals surface area contributed by atoms with Crippen LogP contribution in [0.1, 0.15) is 26.3 Å². The Hall–Kier alpha value is -2.34. The van der Waals surface area contributed by atoms with Gasteiger partial charge in [-0.25, -0.2) is 0 Å². The number of aromatic hydroxyl groups is 1. The van der Waals surface area contributed by atoms with Gasteiger partial charge in [0.1, 0.15) is 5.75 Å². The summed E-state index contributed by atoms with van der Waals surface area (Å²) < 4.78 is 0.716. The molecule has 0 radical (unpaired) electrons. The van der Waals surface area contributed by atoms with Gasteiger partial charge in [0.2, 0.25) is 5.91 Å². The Kier molecular flexibility index (Phi) is 4.82. The second-order valence-electron chi connectivity index (χ2n) is 4.88. The van der Waals surface area contributed by atoms with Crippen LogP contribution in [-0.2, 0) is 6.54 Å². The summed E-state index contributed by atoms with van der Waals surface area (Å²) in [5.41, 5.74) is 6.69. The fourth-order valence-electron chi connectivity index (χ4n) is 2.01. The van der Waals surface area contributed by atoms with Gasteiger partial charge in [0.15, 0.2) is 0 Å². The Bertz CT molecular complexity index is 714. The molecule has 0 spiro atoms. The van der Waals surface area contributed by atoms with E-state index in [2.05, 4.69) is 15.9 Å². The molecule has 0 aliphatic carbocycles. The molecule has 0 aromatic heterocycles. The molecule has 2 rings (SSSR count). The SMILES string of the molecule is CN(Cc1ccc(C(N)=O)cc1)C(=O)c1cc(Br)ccc1O. The average Bonchev–Trinajstić information content (AvgIpc) is 2.49. The Morgan fingerprint density at radius 2 is 1.82 bits per heavy atom. The number of hydrogen-bond donors (Lipinski definition) is 2. The molecular weight excluding hydrogens is 348 g/mol. The van der Waals surface area contributed by atoms with E-state index in [-0.39, 0.29) is 17.2 Å². The van der Waals surface area contributed by atoms with Gasteiger partial charge >= 0.3 is 0 Å². The first kappa shape index (κ1) is 16.0. The summed E-state index contributed by atoms with van der Waals surface area (Å²) in [6, 6.07) is 11.4. The monoisotopic (exact) mass is 362 g/mol. The van der Waals surface area contributed by atoms with Gasteiger partial charge < -0.3 is 15.7 Å². The third kappa shape index (κ3) is 3.65. The van der Waals surface area contributed by atoms with E-state index in [0.717, 1.165) is 5.56 Å². The standard InChI is InChI=1S/C16H15BrN2O3/c1-19(9-10-2-4-11(5-3-10)15(18)21)16(22)13-8-12(17)6-7-14(13)20/h2-8,20H,9H2,1H3,(H2,18,21). The Morgan fingerprint density at radius 1 is 1.18 bits per heavy atom. The van der Waals surface area contributed by atoms with Crippen molar-refractivity contribution in [3.63, 3.8) is 0 Å². The van der Waals surface area contributed by atoms with Crippen molar-refractivity contribution in [3.05, 3.63) is 63.6 Å². The molecule has 0 heterocycles. The number of carbonyl (C=O) groups is 2. The highest BCUT2D eigenvalue weighted by Crippen LogP contribution is 2.23. The molecule has 6 heteroatoms. The van der Waals surface area contributed by atoms with Crippen LogP contribution in [0.3, 0.4) is 0 Å². The fourth-order valence-corrected chi connectivity index (χ4v) is 2.37. The summed E-state index contributed by atoms with van der Waals surface area (Å²) in [6.07, 6.45) is 0. The van der Waals surface area contributed by atoms with Crippen molar-refractivity contribution in [2.75, 3.05) is 7.05 Å². The number of benzene rings is 2.